The summed E-state index contributed by atoms with van der Waals surface area (Å²) < 4.78 is 5.94. The Morgan fingerprint density at radius 3 is 3.00 bits per heavy atom. The topological polar surface area (TPSA) is 48.1 Å². The maximum atomic E-state index is 6.62. The third-order valence-electron chi connectivity index (χ3n) is 4.95. The van der Waals surface area contributed by atoms with Gasteiger partial charge in [-0.05, 0) is 42.5 Å². The Kier molecular flexibility index (Phi) is 3.96. The van der Waals surface area contributed by atoms with E-state index in [0.29, 0.717) is 5.92 Å². The van der Waals surface area contributed by atoms with Crippen molar-refractivity contribution in [3.8, 4) is 0 Å². The largest absolute Gasteiger partial charge is 0.376 e. The molecule has 2 aromatic rings. The predicted molar refractivity (Wildman–Crippen MR) is 86.0 cm³/mol. The average Bonchev–Trinajstić information content (AvgIpc) is 2.53. The molecule has 1 fully saturated rings. The van der Waals surface area contributed by atoms with Crippen molar-refractivity contribution in [3.63, 3.8) is 0 Å². The van der Waals surface area contributed by atoms with Gasteiger partial charge in [0, 0.05) is 18.7 Å². The van der Waals surface area contributed by atoms with Gasteiger partial charge in [-0.2, -0.15) is 0 Å². The van der Waals surface area contributed by atoms with Crippen LogP contribution >= 0.6 is 0 Å². The van der Waals surface area contributed by atoms with Crippen LogP contribution in [0.15, 0.2) is 36.5 Å². The van der Waals surface area contributed by atoms with Gasteiger partial charge in [-0.1, -0.05) is 31.9 Å². The summed E-state index contributed by atoms with van der Waals surface area (Å²) in [6.45, 7) is 2.30. The molecule has 21 heavy (non-hydrogen) atoms. The Balaban J connectivity index is 1.96. The van der Waals surface area contributed by atoms with E-state index in [1.54, 1.807) is 7.11 Å². The minimum Gasteiger partial charge on any atom is -0.376 e. The molecule has 3 atom stereocenters. The Bertz CT molecular complexity index is 627. The summed E-state index contributed by atoms with van der Waals surface area (Å²) in [5.41, 5.74) is 8.55. The second-order valence-electron chi connectivity index (χ2n) is 6.40. The van der Waals surface area contributed by atoms with Crippen molar-refractivity contribution < 1.29 is 4.74 Å². The highest BCUT2D eigenvalue weighted by Crippen LogP contribution is 2.42. The number of hydrogen-bond acceptors (Lipinski definition) is 3. The maximum Gasteiger partial charge on any atom is 0.0872 e. The molecule has 2 N–H and O–H groups in total. The van der Waals surface area contributed by atoms with E-state index in [1.165, 1.54) is 12.8 Å². The van der Waals surface area contributed by atoms with E-state index in [9.17, 15) is 0 Å². The highest BCUT2D eigenvalue weighted by molar-refractivity contribution is 5.79. The first kappa shape index (κ1) is 14.5. The van der Waals surface area contributed by atoms with Crippen molar-refractivity contribution in [2.24, 2.45) is 11.7 Å². The van der Waals surface area contributed by atoms with Crippen molar-refractivity contribution in [1.29, 1.82) is 0 Å². The van der Waals surface area contributed by atoms with Gasteiger partial charge in [-0.15, -0.1) is 0 Å². The van der Waals surface area contributed by atoms with Crippen molar-refractivity contribution in [2.45, 2.75) is 44.2 Å². The van der Waals surface area contributed by atoms with Gasteiger partial charge in [0.1, 0.15) is 0 Å². The molecule has 3 nitrogen and oxygen atoms in total. The summed E-state index contributed by atoms with van der Waals surface area (Å²) in [5, 5.41) is 1.14. The molecule has 1 aromatic heterocycles. The molecule has 1 aliphatic carbocycles. The molecule has 3 heteroatoms. The minimum atomic E-state index is -0.229. The van der Waals surface area contributed by atoms with Crippen molar-refractivity contribution in [1.82, 2.24) is 4.98 Å². The molecular formula is C18H24N2O. The summed E-state index contributed by atoms with van der Waals surface area (Å²) in [6.07, 6.45) is 6.37. The van der Waals surface area contributed by atoms with Crippen molar-refractivity contribution >= 4 is 10.9 Å². The lowest BCUT2D eigenvalue weighted by Gasteiger charge is -2.43. The number of nitrogens with two attached hydrogens (primary N) is 1. The number of nitrogens with zero attached hydrogens (tertiary/aromatic N) is 1. The van der Waals surface area contributed by atoms with Gasteiger partial charge in [0.05, 0.1) is 17.2 Å². The monoisotopic (exact) mass is 284 g/mol. The zero-order valence-corrected chi connectivity index (χ0v) is 12.9. The second kappa shape index (κ2) is 5.74. The Hall–Kier alpha value is -1.45. The van der Waals surface area contributed by atoms with E-state index in [2.05, 4.69) is 36.2 Å². The van der Waals surface area contributed by atoms with Gasteiger partial charge < -0.3 is 10.5 Å². The molecule has 0 aliphatic heterocycles. The quantitative estimate of drug-likeness (QED) is 0.931. The molecule has 1 aliphatic rings. The Labute approximate surface area is 126 Å². The normalized spacial score (nSPS) is 27.7. The third-order valence-corrected chi connectivity index (χ3v) is 4.95. The highest BCUT2D eigenvalue weighted by Gasteiger charge is 2.41. The lowest BCUT2D eigenvalue weighted by molar-refractivity contribution is -0.0718. The summed E-state index contributed by atoms with van der Waals surface area (Å²) in [4.78, 5) is 4.37. The molecular weight excluding hydrogens is 260 g/mol. The number of pyridine rings is 1. The molecule has 3 unspecified atom stereocenters. The number of rotatable bonds is 3. The smallest absolute Gasteiger partial charge is 0.0872 e. The summed E-state index contributed by atoms with van der Waals surface area (Å²) in [7, 11) is 1.81. The first-order chi connectivity index (χ1) is 10.1. The van der Waals surface area contributed by atoms with Crippen LogP contribution in [0.2, 0.25) is 0 Å². The molecule has 112 valence electrons. The standard InChI is InChI=1S/C18H24N2O/c1-13-5-3-9-18(12-13,21-2)17(19)15-7-8-16-14(11-15)6-4-10-20-16/h4,6-8,10-11,13,17H,3,5,9,12,19H2,1-2H3. The third kappa shape index (κ3) is 2.68. The van der Waals surface area contributed by atoms with E-state index in [4.69, 9.17) is 10.5 Å². The number of ether oxygens (including phenoxy) is 1. The minimum absolute atomic E-state index is 0.0881. The highest BCUT2D eigenvalue weighted by atomic mass is 16.5. The molecule has 0 bridgehead atoms. The number of methoxy groups -OCH3 is 1. The van der Waals surface area contributed by atoms with Crippen LogP contribution in [0.25, 0.3) is 10.9 Å². The van der Waals surface area contributed by atoms with Crippen LogP contribution in [-0.2, 0) is 4.74 Å². The van der Waals surface area contributed by atoms with Gasteiger partial charge in [0.25, 0.3) is 0 Å². The molecule has 1 aromatic carbocycles. The fraction of sp³-hybridized carbons (Fsp3) is 0.500. The first-order valence-electron chi connectivity index (χ1n) is 7.80. The van der Waals surface area contributed by atoms with E-state index in [0.717, 1.165) is 29.3 Å². The van der Waals surface area contributed by atoms with Gasteiger partial charge in [0.15, 0.2) is 0 Å². The predicted octanol–water partition coefficient (Wildman–Crippen LogP) is 3.83. The number of hydrogen-bond donors (Lipinski definition) is 1. The Morgan fingerprint density at radius 2 is 2.24 bits per heavy atom. The number of aromatic nitrogens is 1. The molecule has 0 amide bonds. The fourth-order valence-corrected chi connectivity index (χ4v) is 3.73. The number of fused-ring (bicyclic) bond motifs is 1. The van der Waals surface area contributed by atoms with E-state index in [1.807, 2.05) is 12.3 Å². The molecule has 0 spiro atoms. The van der Waals surface area contributed by atoms with Crippen LogP contribution in [0.5, 0.6) is 0 Å². The van der Waals surface area contributed by atoms with Gasteiger partial charge >= 0.3 is 0 Å². The number of benzene rings is 1. The fourth-order valence-electron chi connectivity index (χ4n) is 3.73. The van der Waals surface area contributed by atoms with Crippen LogP contribution < -0.4 is 5.73 Å². The molecule has 3 rings (SSSR count). The molecule has 0 saturated heterocycles. The van der Waals surface area contributed by atoms with Crippen LogP contribution in [0.1, 0.15) is 44.2 Å². The van der Waals surface area contributed by atoms with Crippen LogP contribution in [0.4, 0.5) is 0 Å². The lowest BCUT2D eigenvalue weighted by atomic mass is 9.73. The van der Waals surface area contributed by atoms with E-state index < -0.39 is 0 Å². The molecule has 1 saturated carbocycles. The molecule has 0 radical (unpaired) electrons. The summed E-state index contributed by atoms with van der Waals surface area (Å²) in [6, 6.07) is 10.3. The molecule has 1 heterocycles. The summed E-state index contributed by atoms with van der Waals surface area (Å²) in [5.74, 6) is 0.673. The van der Waals surface area contributed by atoms with Gasteiger partial charge in [-0.25, -0.2) is 0 Å². The van der Waals surface area contributed by atoms with Crippen molar-refractivity contribution in [2.75, 3.05) is 7.11 Å². The summed E-state index contributed by atoms with van der Waals surface area (Å²) >= 11 is 0. The van der Waals surface area contributed by atoms with Crippen molar-refractivity contribution in [3.05, 3.63) is 42.1 Å². The van der Waals surface area contributed by atoms with Gasteiger partial charge in [-0.3, -0.25) is 4.98 Å². The van der Waals surface area contributed by atoms with E-state index in [-0.39, 0.29) is 11.6 Å². The zero-order valence-electron chi connectivity index (χ0n) is 12.9. The lowest BCUT2D eigenvalue weighted by Crippen LogP contribution is -2.46. The van der Waals surface area contributed by atoms with Gasteiger partial charge in [0.2, 0.25) is 0 Å². The SMILES string of the molecule is COC1(C(N)c2ccc3ncccc3c2)CCCC(C)C1. The Morgan fingerprint density at radius 1 is 1.38 bits per heavy atom. The van der Waals surface area contributed by atoms with Crippen LogP contribution in [-0.4, -0.2) is 17.7 Å². The van der Waals surface area contributed by atoms with Crippen LogP contribution in [0, 0.1) is 5.92 Å². The van der Waals surface area contributed by atoms with Crippen LogP contribution in [0.3, 0.4) is 0 Å². The first-order valence-corrected chi connectivity index (χ1v) is 7.80. The maximum absolute atomic E-state index is 6.62. The van der Waals surface area contributed by atoms with E-state index >= 15 is 0 Å². The average molecular weight is 284 g/mol. The second-order valence-corrected chi connectivity index (χ2v) is 6.40. The zero-order chi connectivity index (χ0) is 14.9.